The standard InChI is InChI=1S/C30H38N8O3/c1-4-24-29-25(7-6-8-26(29)38(34-24)21-22(3)9-11-36(31)5-2)33-30(39)27-20-32-28-19-23(10-12-37(27)28)41-18-15-35-13-16-40-17-14-35/h6-12,19-20H,3-5,13-18,21,31H2,1-2H3,(H,33,39)/b11-9-. The minimum absolute atomic E-state index is 0.254. The number of hydrogen-bond acceptors (Lipinski definition) is 8. The number of aromatic nitrogens is 4. The lowest BCUT2D eigenvalue weighted by Crippen LogP contribution is -2.38. The Morgan fingerprint density at radius 2 is 2.10 bits per heavy atom. The van der Waals surface area contributed by atoms with E-state index in [0.29, 0.717) is 36.7 Å². The number of nitrogens with two attached hydrogens (primary N) is 1. The van der Waals surface area contributed by atoms with Crippen LogP contribution in [0.25, 0.3) is 16.6 Å². The molecule has 216 valence electrons. The molecule has 4 aromatic rings. The van der Waals surface area contributed by atoms with Crippen molar-refractivity contribution in [3.8, 4) is 5.75 Å². The van der Waals surface area contributed by atoms with Crippen LogP contribution < -0.4 is 15.9 Å². The van der Waals surface area contributed by atoms with Crippen molar-refractivity contribution < 1.29 is 14.3 Å². The summed E-state index contributed by atoms with van der Waals surface area (Å²) in [6.07, 6.45) is 7.81. The molecule has 11 nitrogen and oxygen atoms in total. The predicted octanol–water partition coefficient (Wildman–Crippen LogP) is 3.48. The van der Waals surface area contributed by atoms with Crippen LogP contribution in [0.1, 0.15) is 30.0 Å². The fraction of sp³-hybridized carbons (Fsp3) is 0.367. The Bertz CT molecular complexity index is 1550. The SMILES string of the molecule is C=C(/C=C\N(N)CC)Cn1nc(CC)c2c(NC(=O)c3cnc4cc(OCCN5CCOCC5)ccn34)cccc21. The molecule has 4 heterocycles. The highest BCUT2D eigenvalue weighted by Crippen LogP contribution is 2.29. The molecule has 1 aliphatic heterocycles. The van der Waals surface area contributed by atoms with Crippen molar-refractivity contribution in [2.45, 2.75) is 26.8 Å². The molecule has 1 saturated heterocycles. The number of benzene rings is 1. The van der Waals surface area contributed by atoms with Gasteiger partial charge in [-0.15, -0.1) is 0 Å². The van der Waals surface area contributed by atoms with Crippen LogP contribution in [-0.4, -0.2) is 81.0 Å². The van der Waals surface area contributed by atoms with E-state index in [1.807, 2.05) is 54.2 Å². The number of allylic oxidation sites excluding steroid dienone is 2. The summed E-state index contributed by atoms with van der Waals surface area (Å²) in [5.74, 6) is 6.32. The quantitative estimate of drug-likeness (QED) is 0.154. The van der Waals surface area contributed by atoms with Gasteiger partial charge >= 0.3 is 0 Å². The van der Waals surface area contributed by atoms with Crippen molar-refractivity contribution in [3.05, 3.63) is 78.5 Å². The van der Waals surface area contributed by atoms with Gasteiger partial charge in [0, 0.05) is 50.0 Å². The number of carbonyl (C=O) groups excluding carboxylic acids is 1. The summed E-state index contributed by atoms with van der Waals surface area (Å²) in [5.41, 5.74) is 4.47. The summed E-state index contributed by atoms with van der Waals surface area (Å²) in [7, 11) is 0. The Kier molecular flexibility index (Phi) is 8.98. The van der Waals surface area contributed by atoms with Gasteiger partial charge in [0.1, 0.15) is 23.7 Å². The number of hydrazine groups is 1. The maximum Gasteiger partial charge on any atom is 0.274 e. The van der Waals surface area contributed by atoms with Gasteiger partial charge < -0.3 is 19.8 Å². The average molecular weight is 559 g/mol. The van der Waals surface area contributed by atoms with Crippen LogP contribution in [0.2, 0.25) is 0 Å². The Labute approximate surface area is 239 Å². The van der Waals surface area contributed by atoms with E-state index in [-0.39, 0.29) is 5.91 Å². The summed E-state index contributed by atoms with van der Waals surface area (Å²) in [4.78, 5) is 20.2. The van der Waals surface area contributed by atoms with Crippen LogP contribution in [0.3, 0.4) is 0 Å². The molecule has 11 heteroatoms. The third-order valence-corrected chi connectivity index (χ3v) is 7.15. The zero-order valence-corrected chi connectivity index (χ0v) is 23.8. The number of hydrogen-bond donors (Lipinski definition) is 2. The molecule has 1 aliphatic rings. The van der Waals surface area contributed by atoms with E-state index in [0.717, 1.165) is 67.2 Å². The first-order valence-corrected chi connectivity index (χ1v) is 14.0. The fourth-order valence-electron chi connectivity index (χ4n) is 4.86. The lowest BCUT2D eigenvalue weighted by Gasteiger charge is -2.26. The first-order valence-electron chi connectivity index (χ1n) is 14.0. The number of fused-ring (bicyclic) bond motifs is 2. The summed E-state index contributed by atoms with van der Waals surface area (Å²) in [5, 5.41) is 10.4. The van der Waals surface area contributed by atoms with Crippen molar-refractivity contribution in [1.29, 1.82) is 0 Å². The van der Waals surface area contributed by atoms with Gasteiger partial charge in [-0.25, -0.2) is 10.8 Å². The monoisotopic (exact) mass is 558 g/mol. The van der Waals surface area contributed by atoms with Crippen molar-refractivity contribution in [3.63, 3.8) is 0 Å². The molecular formula is C30H38N8O3. The first kappa shape index (κ1) is 28.3. The van der Waals surface area contributed by atoms with E-state index in [4.69, 9.17) is 20.4 Å². The maximum atomic E-state index is 13.4. The molecule has 3 aromatic heterocycles. The number of morpholine rings is 1. The van der Waals surface area contributed by atoms with Crippen LogP contribution >= 0.6 is 0 Å². The molecule has 3 N–H and O–H groups in total. The van der Waals surface area contributed by atoms with E-state index in [1.54, 1.807) is 21.8 Å². The zero-order chi connectivity index (χ0) is 28.8. The molecule has 0 bridgehead atoms. The molecule has 41 heavy (non-hydrogen) atoms. The van der Waals surface area contributed by atoms with Crippen molar-refractivity contribution >= 4 is 28.1 Å². The number of aryl methyl sites for hydroxylation is 1. The molecule has 1 aromatic carbocycles. The van der Waals surface area contributed by atoms with Crippen molar-refractivity contribution in [1.82, 2.24) is 29.1 Å². The average Bonchev–Trinajstić information content (AvgIpc) is 3.58. The van der Waals surface area contributed by atoms with Gasteiger partial charge in [0.15, 0.2) is 0 Å². The first-order chi connectivity index (χ1) is 20.0. The molecule has 1 amide bonds. The van der Waals surface area contributed by atoms with Gasteiger partial charge in [-0.3, -0.25) is 18.8 Å². The van der Waals surface area contributed by atoms with E-state index in [2.05, 4.69) is 28.7 Å². The van der Waals surface area contributed by atoms with Crippen LogP contribution in [0, 0.1) is 0 Å². The molecule has 0 saturated carbocycles. The van der Waals surface area contributed by atoms with E-state index < -0.39 is 0 Å². The second-order valence-corrected chi connectivity index (χ2v) is 9.95. The lowest BCUT2D eigenvalue weighted by atomic mass is 10.1. The van der Waals surface area contributed by atoms with Crippen LogP contribution in [0.5, 0.6) is 5.75 Å². The Balaban J connectivity index is 1.30. The maximum absolute atomic E-state index is 13.4. The van der Waals surface area contributed by atoms with E-state index >= 15 is 0 Å². The van der Waals surface area contributed by atoms with E-state index in [1.165, 1.54) is 0 Å². The number of imidazole rings is 1. The number of anilines is 1. The van der Waals surface area contributed by atoms with Gasteiger partial charge in [-0.1, -0.05) is 19.6 Å². The Morgan fingerprint density at radius 3 is 2.88 bits per heavy atom. The number of carbonyl (C=O) groups is 1. The zero-order valence-electron chi connectivity index (χ0n) is 23.8. The van der Waals surface area contributed by atoms with Crippen LogP contribution in [0.15, 0.2) is 67.2 Å². The number of amides is 1. The van der Waals surface area contributed by atoms with Gasteiger partial charge in [0.05, 0.1) is 42.9 Å². The number of nitrogens with one attached hydrogen (secondary N) is 1. The minimum Gasteiger partial charge on any atom is -0.492 e. The van der Waals surface area contributed by atoms with Crippen LogP contribution in [0.4, 0.5) is 5.69 Å². The second-order valence-electron chi connectivity index (χ2n) is 9.95. The Morgan fingerprint density at radius 1 is 1.27 bits per heavy atom. The van der Waals surface area contributed by atoms with Gasteiger partial charge in [0.2, 0.25) is 0 Å². The molecule has 0 unspecified atom stereocenters. The summed E-state index contributed by atoms with van der Waals surface area (Å²) in [6, 6.07) is 9.53. The molecule has 0 aliphatic carbocycles. The fourth-order valence-corrected chi connectivity index (χ4v) is 4.86. The summed E-state index contributed by atoms with van der Waals surface area (Å²) in [6.45, 7) is 14.2. The molecular weight excluding hydrogens is 520 g/mol. The third kappa shape index (κ3) is 6.59. The summed E-state index contributed by atoms with van der Waals surface area (Å²) < 4.78 is 15.0. The molecule has 1 fully saturated rings. The lowest BCUT2D eigenvalue weighted by molar-refractivity contribution is 0.0322. The highest BCUT2D eigenvalue weighted by Gasteiger charge is 2.18. The van der Waals surface area contributed by atoms with E-state index in [9.17, 15) is 4.79 Å². The highest BCUT2D eigenvalue weighted by molar-refractivity contribution is 6.08. The number of ether oxygens (including phenoxy) is 2. The number of rotatable bonds is 12. The number of pyridine rings is 1. The molecule has 0 radical (unpaired) electrons. The van der Waals surface area contributed by atoms with Crippen molar-refractivity contribution in [2.75, 3.05) is 51.3 Å². The molecule has 0 atom stereocenters. The van der Waals surface area contributed by atoms with Gasteiger partial charge in [-0.05, 0) is 43.2 Å². The topological polar surface area (TPSA) is 115 Å². The molecule has 5 rings (SSSR count). The number of nitrogens with zero attached hydrogens (tertiary/aromatic N) is 6. The second kappa shape index (κ2) is 13.0. The van der Waals surface area contributed by atoms with Gasteiger partial charge in [-0.2, -0.15) is 5.10 Å². The smallest absolute Gasteiger partial charge is 0.274 e. The Hall–Kier alpha value is -4.19. The van der Waals surface area contributed by atoms with Crippen molar-refractivity contribution in [2.24, 2.45) is 5.84 Å². The van der Waals surface area contributed by atoms with Crippen LogP contribution in [-0.2, 0) is 17.7 Å². The predicted molar refractivity (Wildman–Crippen MR) is 160 cm³/mol. The third-order valence-electron chi connectivity index (χ3n) is 7.15. The highest BCUT2D eigenvalue weighted by atomic mass is 16.5. The largest absolute Gasteiger partial charge is 0.492 e. The minimum atomic E-state index is -0.254. The van der Waals surface area contributed by atoms with Gasteiger partial charge in [0.25, 0.3) is 5.91 Å². The summed E-state index contributed by atoms with van der Waals surface area (Å²) >= 11 is 0. The normalized spacial score (nSPS) is 14.2. The molecule has 0 spiro atoms.